The van der Waals surface area contributed by atoms with Crippen molar-refractivity contribution in [2.24, 2.45) is 5.73 Å². The van der Waals surface area contributed by atoms with Gasteiger partial charge in [0.2, 0.25) is 6.29 Å². The minimum atomic E-state index is -1.26. The highest BCUT2D eigenvalue weighted by Crippen LogP contribution is 2.26. The van der Waals surface area contributed by atoms with E-state index in [1.54, 1.807) is 0 Å². The number of nitrogens with two attached hydrogens (primary N) is 1. The van der Waals surface area contributed by atoms with Gasteiger partial charge in [-0.25, -0.2) is 0 Å². The average Bonchev–Trinajstić information content (AvgIpc) is 2.42. The summed E-state index contributed by atoms with van der Waals surface area (Å²) in [5.74, 6) is -2.62. The molecule has 1 aliphatic rings. The molecule has 0 aliphatic carbocycles. The first-order valence-electron chi connectivity index (χ1n) is 7.18. The number of carbonyl (C=O) groups excluding carboxylic acids is 4. The summed E-state index contributed by atoms with van der Waals surface area (Å²) in [7, 11) is 0. The lowest BCUT2D eigenvalue weighted by Crippen LogP contribution is -2.65. The highest BCUT2D eigenvalue weighted by Gasteiger charge is 2.50. The summed E-state index contributed by atoms with van der Waals surface area (Å²) in [6.07, 6.45) is -4.58. The molecule has 0 amide bonds. The van der Waals surface area contributed by atoms with Crippen LogP contribution in [0.3, 0.4) is 0 Å². The molecule has 24 heavy (non-hydrogen) atoms. The van der Waals surface area contributed by atoms with Crippen molar-refractivity contribution in [1.82, 2.24) is 0 Å². The molecule has 10 heteroatoms. The molecule has 1 fully saturated rings. The number of hydrogen-bond donors (Lipinski definition) is 1. The molecule has 0 unspecified atom stereocenters. The van der Waals surface area contributed by atoms with Crippen LogP contribution in [0.25, 0.3) is 0 Å². The Labute approximate surface area is 138 Å². The zero-order valence-corrected chi connectivity index (χ0v) is 13.8. The highest BCUT2D eigenvalue weighted by atomic mass is 16.7. The van der Waals surface area contributed by atoms with E-state index in [4.69, 9.17) is 29.4 Å². The zero-order chi connectivity index (χ0) is 18.4. The van der Waals surface area contributed by atoms with Gasteiger partial charge in [-0.2, -0.15) is 0 Å². The molecule has 1 rings (SSSR count). The van der Waals surface area contributed by atoms with Gasteiger partial charge in [-0.1, -0.05) is 0 Å². The Morgan fingerprint density at radius 3 is 1.79 bits per heavy atom. The summed E-state index contributed by atoms with van der Waals surface area (Å²) in [4.78, 5) is 44.9. The van der Waals surface area contributed by atoms with E-state index in [0.717, 1.165) is 20.8 Å². The van der Waals surface area contributed by atoms with Crippen molar-refractivity contribution in [3.63, 3.8) is 0 Å². The van der Waals surface area contributed by atoms with Gasteiger partial charge in [0.05, 0.1) is 0 Å². The molecule has 5 atom stereocenters. The Morgan fingerprint density at radius 1 is 0.833 bits per heavy atom. The van der Waals surface area contributed by atoms with E-state index in [9.17, 15) is 19.2 Å². The molecule has 0 radical (unpaired) electrons. The van der Waals surface area contributed by atoms with Gasteiger partial charge >= 0.3 is 23.9 Å². The topological polar surface area (TPSA) is 140 Å². The zero-order valence-electron chi connectivity index (χ0n) is 13.8. The fourth-order valence-electron chi connectivity index (χ4n) is 2.20. The Balaban J connectivity index is 3.08. The summed E-state index contributed by atoms with van der Waals surface area (Å²) in [5, 5.41) is 0. The van der Waals surface area contributed by atoms with Crippen molar-refractivity contribution in [1.29, 1.82) is 0 Å². The van der Waals surface area contributed by atoms with Crippen molar-refractivity contribution in [2.75, 3.05) is 6.61 Å². The summed E-state index contributed by atoms with van der Waals surface area (Å²) in [6, 6.07) is -1.10. The molecule has 10 nitrogen and oxygen atoms in total. The maximum absolute atomic E-state index is 11.3. The Hall–Kier alpha value is -2.20. The van der Waals surface area contributed by atoms with Crippen molar-refractivity contribution in [3.8, 4) is 0 Å². The second kappa shape index (κ2) is 8.60. The van der Waals surface area contributed by atoms with Crippen LogP contribution < -0.4 is 5.73 Å². The number of rotatable bonds is 5. The van der Waals surface area contributed by atoms with Crippen molar-refractivity contribution < 1.29 is 42.9 Å². The maximum Gasteiger partial charge on any atom is 0.304 e. The van der Waals surface area contributed by atoms with Crippen molar-refractivity contribution in [2.45, 2.75) is 58.3 Å². The quantitative estimate of drug-likeness (QED) is 0.487. The van der Waals surface area contributed by atoms with Gasteiger partial charge in [0.25, 0.3) is 0 Å². The molecule has 0 aromatic heterocycles. The minimum absolute atomic E-state index is 0.310. The number of esters is 4. The van der Waals surface area contributed by atoms with Gasteiger partial charge < -0.3 is 29.4 Å². The van der Waals surface area contributed by atoms with Gasteiger partial charge in [-0.15, -0.1) is 0 Å². The van der Waals surface area contributed by atoms with Crippen LogP contribution in [0, 0.1) is 0 Å². The van der Waals surface area contributed by atoms with Crippen LogP contribution in [0.4, 0.5) is 0 Å². The summed E-state index contributed by atoms with van der Waals surface area (Å²) < 4.78 is 25.5. The lowest BCUT2D eigenvalue weighted by molar-refractivity contribution is -0.267. The summed E-state index contributed by atoms with van der Waals surface area (Å²) >= 11 is 0. The predicted octanol–water partition coefficient (Wildman–Crippen LogP) is -0.972. The third-order valence-corrected chi connectivity index (χ3v) is 3.03. The van der Waals surface area contributed by atoms with E-state index in [0.29, 0.717) is 0 Å². The van der Waals surface area contributed by atoms with Gasteiger partial charge in [0.15, 0.2) is 12.2 Å². The molecule has 0 aromatic rings. The van der Waals surface area contributed by atoms with Gasteiger partial charge in [0.1, 0.15) is 18.8 Å². The lowest BCUT2D eigenvalue weighted by Gasteiger charge is -2.42. The first-order valence-corrected chi connectivity index (χ1v) is 7.18. The normalized spacial score (nSPS) is 29.3. The van der Waals surface area contributed by atoms with Gasteiger partial charge in [0, 0.05) is 27.7 Å². The molecule has 0 aromatic carbocycles. The average molecular weight is 347 g/mol. The number of carbonyl (C=O) groups is 4. The van der Waals surface area contributed by atoms with E-state index in [1.807, 2.05) is 0 Å². The number of ether oxygens (including phenoxy) is 5. The van der Waals surface area contributed by atoms with E-state index in [-0.39, 0.29) is 6.61 Å². The minimum Gasteiger partial charge on any atom is -0.463 e. The SMILES string of the molecule is CC(=O)OC[C@@H]1O[C@@H](OC(C)=O)[C@@H](N)[C@@H](OC(C)=O)[C@H]1OC(C)=O. The fraction of sp³-hybridized carbons (Fsp3) is 0.714. The molecule has 1 heterocycles. The van der Waals surface area contributed by atoms with Gasteiger partial charge in [-0.3, -0.25) is 19.2 Å². The summed E-state index contributed by atoms with van der Waals surface area (Å²) in [6.45, 7) is 4.32. The Morgan fingerprint density at radius 2 is 1.33 bits per heavy atom. The van der Waals surface area contributed by atoms with E-state index < -0.39 is 54.5 Å². The standard InChI is InChI=1S/C14H21NO9/c1-6(16)20-5-10-12(21-7(2)17)13(22-8(3)18)11(15)14(24-10)23-9(4)19/h10-14H,5,15H2,1-4H3/t10-,11-,12-,13+,14+/m0/s1. The molecule has 0 spiro atoms. The molecule has 2 N–H and O–H groups in total. The second-order valence-electron chi connectivity index (χ2n) is 5.18. The van der Waals surface area contributed by atoms with Crippen LogP contribution in [0.1, 0.15) is 27.7 Å². The fourth-order valence-corrected chi connectivity index (χ4v) is 2.20. The second-order valence-corrected chi connectivity index (χ2v) is 5.18. The largest absolute Gasteiger partial charge is 0.463 e. The monoisotopic (exact) mass is 347 g/mol. The van der Waals surface area contributed by atoms with E-state index in [1.165, 1.54) is 6.92 Å². The van der Waals surface area contributed by atoms with Gasteiger partial charge in [-0.05, 0) is 0 Å². The van der Waals surface area contributed by atoms with Crippen molar-refractivity contribution in [3.05, 3.63) is 0 Å². The lowest BCUT2D eigenvalue weighted by atomic mass is 9.97. The van der Waals surface area contributed by atoms with Crippen molar-refractivity contribution >= 4 is 23.9 Å². The van der Waals surface area contributed by atoms with Crippen LogP contribution in [0.2, 0.25) is 0 Å². The van der Waals surface area contributed by atoms with E-state index >= 15 is 0 Å². The third kappa shape index (κ3) is 5.78. The molecule has 136 valence electrons. The third-order valence-electron chi connectivity index (χ3n) is 3.03. The molecule has 1 aliphatic heterocycles. The predicted molar refractivity (Wildman–Crippen MR) is 76.1 cm³/mol. The molecule has 0 saturated carbocycles. The number of hydrogen-bond acceptors (Lipinski definition) is 10. The molecular weight excluding hydrogens is 326 g/mol. The van der Waals surface area contributed by atoms with Crippen LogP contribution in [0.5, 0.6) is 0 Å². The maximum atomic E-state index is 11.3. The Bertz CT molecular complexity index is 490. The van der Waals surface area contributed by atoms with Crippen LogP contribution in [-0.2, 0) is 42.9 Å². The summed E-state index contributed by atoms with van der Waals surface area (Å²) in [5.41, 5.74) is 5.93. The molecule has 1 saturated heterocycles. The Kier molecular flexibility index (Phi) is 7.11. The van der Waals surface area contributed by atoms with E-state index in [2.05, 4.69) is 0 Å². The van der Waals surface area contributed by atoms with Crippen LogP contribution >= 0.6 is 0 Å². The van der Waals surface area contributed by atoms with Crippen LogP contribution in [0.15, 0.2) is 0 Å². The van der Waals surface area contributed by atoms with Crippen LogP contribution in [-0.4, -0.2) is 61.1 Å². The first kappa shape index (κ1) is 19.8. The molecular formula is C14H21NO9. The highest BCUT2D eigenvalue weighted by molar-refractivity contribution is 5.68. The first-order chi connectivity index (χ1) is 11.1. The molecule has 0 bridgehead atoms. The smallest absolute Gasteiger partial charge is 0.304 e.